The summed E-state index contributed by atoms with van der Waals surface area (Å²) in [5, 5.41) is 49.0. The summed E-state index contributed by atoms with van der Waals surface area (Å²) in [6.07, 6.45) is 5.39. The minimum absolute atomic E-state index is 0.0338. The molecule has 0 bridgehead atoms. The van der Waals surface area contributed by atoms with E-state index in [1.54, 1.807) is 36.4 Å². The van der Waals surface area contributed by atoms with Crippen LogP contribution in [-0.2, 0) is 28.4 Å². The Labute approximate surface area is 651 Å². The molecule has 6 atom stereocenters. The summed E-state index contributed by atoms with van der Waals surface area (Å²) in [4.78, 5) is 82.0. The molecule has 620 valence electrons. The third-order valence-corrected chi connectivity index (χ3v) is 19.7. The molecule has 0 radical (unpaired) electrons. The lowest BCUT2D eigenvalue weighted by molar-refractivity contribution is -0.750. The Hall–Kier alpha value is -10.1. The number of hydroxylamine groups is 3. The second-order valence-corrected chi connectivity index (χ2v) is 32.6. The van der Waals surface area contributed by atoms with Crippen molar-refractivity contribution in [2.45, 2.75) is 152 Å². The van der Waals surface area contributed by atoms with Crippen LogP contribution in [0.3, 0.4) is 0 Å². The zero-order valence-electron chi connectivity index (χ0n) is 68.2. The fourth-order valence-corrected chi connectivity index (χ4v) is 16.2. The highest BCUT2D eigenvalue weighted by Gasteiger charge is 2.46. The van der Waals surface area contributed by atoms with Crippen LogP contribution in [0, 0.1) is 43.1 Å². The molecule has 6 amide bonds. The number of carbonyl (C=O) groups excluding carboxylic acids is 6. The first-order chi connectivity index (χ1) is 52.2. The molecule has 8 N–H and O–H groups in total. The summed E-state index contributed by atoms with van der Waals surface area (Å²) >= 11 is 0. The van der Waals surface area contributed by atoms with Crippen molar-refractivity contribution in [1.82, 2.24) is 31.9 Å². The molecule has 3 aromatic carbocycles. The van der Waals surface area contributed by atoms with Gasteiger partial charge in [0, 0.05) is 43.3 Å². The molecule has 3 fully saturated rings. The molecule has 3 aromatic rings. The van der Waals surface area contributed by atoms with Crippen LogP contribution in [0.25, 0.3) is 0 Å². The molecule has 0 spiro atoms. The van der Waals surface area contributed by atoms with Crippen molar-refractivity contribution in [3.05, 3.63) is 58.3 Å². The van der Waals surface area contributed by atoms with Gasteiger partial charge in [0.2, 0.25) is 29.7 Å². The Morgan fingerprint density at radius 1 is 0.414 bits per heavy atom. The summed E-state index contributed by atoms with van der Waals surface area (Å²) < 4.78 is 87.9. The zero-order chi connectivity index (χ0) is 82.1. The Morgan fingerprint density at radius 2 is 0.667 bits per heavy atom. The number of hydrogen-bond donors (Lipinski definition) is 8. The number of benzene rings is 3. The second-order valence-electron chi connectivity index (χ2n) is 32.6. The van der Waals surface area contributed by atoms with E-state index in [9.17, 15) is 44.4 Å². The highest BCUT2D eigenvalue weighted by molar-refractivity contribution is 5.81. The average molecular weight is 1570 g/mol. The van der Waals surface area contributed by atoms with E-state index in [1.165, 1.54) is 82.4 Å². The fourth-order valence-electron chi connectivity index (χ4n) is 16.2. The molecule has 3 saturated carbocycles. The molecule has 111 heavy (non-hydrogen) atoms. The van der Waals surface area contributed by atoms with Crippen LogP contribution in [-0.4, -0.2) is 241 Å². The number of hydrogen-bond acceptors (Lipinski definition) is 24. The molecule has 6 rings (SSSR count). The summed E-state index contributed by atoms with van der Waals surface area (Å²) in [6, 6.07) is 8.63. The van der Waals surface area contributed by atoms with Gasteiger partial charge in [-0.25, -0.2) is 33.5 Å². The van der Waals surface area contributed by atoms with Gasteiger partial charge in [0.05, 0.1) is 59.2 Å². The molecule has 0 saturated heterocycles. The maximum atomic E-state index is 14.2. The van der Waals surface area contributed by atoms with E-state index in [4.69, 9.17) is 71.1 Å². The van der Waals surface area contributed by atoms with Crippen LogP contribution >= 0.6 is 0 Å². The number of rotatable bonds is 37. The molecule has 3 aliphatic rings. The number of ether oxygens (including phenoxy) is 15. The fraction of sp³-hybridized carbons (Fsp3) is 0.654. The van der Waals surface area contributed by atoms with Gasteiger partial charge < -0.3 is 108 Å². The van der Waals surface area contributed by atoms with E-state index >= 15 is 0 Å². The van der Waals surface area contributed by atoms with Gasteiger partial charge in [-0.1, -0.05) is 69.2 Å². The van der Waals surface area contributed by atoms with Gasteiger partial charge in [0.15, 0.2) is 54.8 Å². The van der Waals surface area contributed by atoms with Crippen molar-refractivity contribution >= 4 is 55.2 Å². The number of nitrogens with zero attached hydrogens (tertiary/aromatic N) is 3. The quantitative estimate of drug-likeness (QED) is 0.00506. The number of carbonyl (C=O) groups is 6. The number of methoxy groups -OCH3 is 6. The molecule has 0 heterocycles. The summed E-state index contributed by atoms with van der Waals surface area (Å²) in [5.74, 6) is 2.83. The van der Waals surface area contributed by atoms with Crippen LogP contribution < -0.4 is 74.5 Å². The first kappa shape index (κ1) is 89.8. The standard InChI is InChI=1S/C78H119N9O24/c1-20-78(48-109-69(91)82-54-33-72(2,3)42-75(8,36-54)45-79-66(88)106-24-21-103-63-57(97-14)27-51(39-85(11)94)28-58(63)98-15,49-110-70(92)83-55-34-73(4,5)43-76(9,37-55)46-80-67(89)107-25-22-104-64-59(99-16)29-52(40-86(12)95)30-60(64)100-17)50-111-71(93)84-56-35-74(6,7)44-77(10,38-56)47-81-68(90)108-26-23-105-65-61(101-18)31-53(41-87(13)96)32-62(65)102-19/h27-32,39-41,54-56H,20-26,33-38,42-50H2,1-19H3,(H6-2,79,80,81,82,83,84,88,89,90,91,92,93,94,95)/p+2/b85-39+,86-40+,87-41+. The van der Waals surface area contributed by atoms with E-state index in [2.05, 4.69) is 73.4 Å². The Bertz CT molecular complexity index is 3290. The van der Waals surface area contributed by atoms with E-state index in [0.717, 1.165) is 9.48 Å². The van der Waals surface area contributed by atoms with E-state index < -0.39 is 76.3 Å². The van der Waals surface area contributed by atoms with E-state index in [1.807, 2.05) is 27.7 Å². The topological polar surface area (TPSA) is 386 Å². The van der Waals surface area contributed by atoms with Gasteiger partial charge in [-0.2, -0.15) is 0 Å². The van der Waals surface area contributed by atoms with Crippen LogP contribution in [0.5, 0.6) is 51.7 Å². The van der Waals surface area contributed by atoms with Crippen LogP contribution in [0.15, 0.2) is 36.4 Å². The number of nitrogens with one attached hydrogen (secondary N) is 6. The third kappa shape index (κ3) is 28.9. The summed E-state index contributed by atoms with van der Waals surface area (Å²) in [6.45, 7) is 19.5. The van der Waals surface area contributed by atoms with Crippen molar-refractivity contribution in [2.24, 2.45) is 37.9 Å². The predicted octanol–water partition coefficient (Wildman–Crippen LogP) is 10.2. The molecule has 3 aliphatic carbocycles. The van der Waals surface area contributed by atoms with E-state index in [-0.39, 0.29) is 119 Å². The van der Waals surface area contributed by atoms with Crippen LogP contribution in [0.1, 0.15) is 150 Å². The van der Waals surface area contributed by atoms with Crippen LogP contribution in [0.2, 0.25) is 0 Å². The molecule has 33 heteroatoms. The lowest BCUT2D eigenvalue weighted by Crippen LogP contribution is -2.52. The highest BCUT2D eigenvalue weighted by atomic mass is 16.6. The highest BCUT2D eigenvalue weighted by Crippen LogP contribution is 2.49. The van der Waals surface area contributed by atoms with E-state index in [0.29, 0.717) is 114 Å². The van der Waals surface area contributed by atoms with Crippen LogP contribution in [0.4, 0.5) is 28.8 Å². The molecular formula is C78H121N9O24+2. The third-order valence-electron chi connectivity index (χ3n) is 19.7. The van der Waals surface area contributed by atoms with Gasteiger partial charge in [0.25, 0.3) is 0 Å². The Kier molecular flexibility index (Phi) is 32.5. The minimum atomic E-state index is -1.28. The molecular weight excluding hydrogens is 1450 g/mol. The Balaban J connectivity index is 1.08. The van der Waals surface area contributed by atoms with Crippen molar-refractivity contribution in [3.8, 4) is 51.7 Å². The SMILES string of the molecule is CCC(COC(=O)NC1CC(C)(C)CC(C)(CNC(=O)OCCOc2c(OC)cc(/C=[N+](\C)[O-])cc2OC)C1)(COC(=O)NC1CC(C)(C)CC(C)(CNC(=O)OCCOc2c(OC)cc(/C=[N+](\C)O)cc2OC)C1)COC(=O)NC1CC(C)(C)CC(C)(CNC(=O)OCCOc2c(OC)cc(/C=[N+](\C)O)cc2OC)C1. The van der Waals surface area contributed by atoms with Crippen molar-refractivity contribution in [1.29, 1.82) is 0 Å². The monoisotopic (exact) mass is 1570 g/mol. The zero-order valence-corrected chi connectivity index (χ0v) is 68.2. The summed E-state index contributed by atoms with van der Waals surface area (Å²) in [7, 11) is 13.0. The number of alkyl carbamates (subject to hydrolysis) is 6. The lowest BCUT2D eigenvalue weighted by Gasteiger charge is -2.46. The normalized spacial score (nSPS) is 21.9. The predicted molar refractivity (Wildman–Crippen MR) is 409 cm³/mol. The first-order valence-electron chi connectivity index (χ1n) is 37.2. The average Bonchev–Trinajstić information content (AvgIpc) is 0.807. The first-order valence-corrected chi connectivity index (χ1v) is 37.2. The van der Waals surface area contributed by atoms with Gasteiger partial charge in [0.1, 0.15) is 66.5 Å². The lowest BCUT2D eigenvalue weighted by atomic mass is 9.62. The second kappa shape index (κ2) is 40.2. The Morgan fingerprint density at radius 3 is 0.892 bits per heavy atom. The maximum Gasteiger partial charge on any atom is 0.407 e. The van der Waals surface area contributed by atoms with Gasteiger partial charge in [-0.05, 0) is 143 Å². The van der Waals surface area contributed by atoms with Crippen molar-refractivity contribution in [3.63, 3.8) is 0 Å². The molecule has 6 unspecified atom stereocenters. The van der Waals surface area contributed by atoms with Gasteiger partial charge >= 0.3 is 36.6 Å². The molecule has 33 nitrogen and oxygen atoms in total. The van der Waals surface area contributed by atoms with Gasteiger partial charge in [-0.3, -0.25) is 10.4 Å². The number of amides is 6. The molecule has 0 aromatic heterocycles. The van der Waals surface area contributed by atoms with Gasteiger partial charge in [-0.15, -0.1) is 0 Å². The minimum Gasteiger partial charge on any atom is -0.624 e. The maximum absolute atomic E-state index is 14.2. The summed E-state index contributed by atoms with van der Waals surface area (Å²) in [5.41, 5.74) is -2.02. The van der Waals surface area contributed by atoms with Crippen molar-refractivity contribution < 1.29 is 124 Å². The largest absolute Gasteiger partial charge is 0.624 e. The van der Waals surface area contributed by atoms with Crippen molar-refractivity contribution in [2.75, 3.05) is 143 Å². The molecule has 0 aliphatic heterocycles. The smallest absolute Gasteiger partial charge is 0.407 e.